The maximum Gasteiger partial charge on any atom is 0.222 e. The molecule has 0 aromatic rings. The van der Waals surface area contributed by atoms with E-state index in [9.17, 15) is 4.79 Å². The number of likely N-dealkylation sites (N-methyl/N-ethyl adjacent to an activating group) is 1. The average molecular weight is 242 g/mol. The maximum atomic E-state index is 12.1. The summed E-state index contributed by atoms with van der Waals surface area (Å²) in [5.74, 6) is 0.543. The molecular formula is C13H26N2O2. The van der Waals surface area contributed by atoms with Crippen LogP contribution < -0.4 is 5.73 Å². The standard InChI is InChI=1S/C13H26N2O2/c1-3-11(9-14)8-13(16)15(4-2)10-12-6-5-7-17-12/h11-12H,3-10,14H2,1-2H3. The molecule has 4 heteroatoms. The Kier molecular flexibility index (Phi) is 6.52. The highest BCUT2D eigenvalue weighted by Gasteiger charge is 2.22. The van der Waals surface area contributed by atoms with Gasteiger partial charge in [-0.1, -0.05) is 13.3 Å². The predicted molar refractivity (Wildman–Crippen MR) is 68.7 cm³/mol. The monoisotopic (exact) mass is 242 g/mol. The third-order valence-electron chi connectivity index (χ3n) is 3.56. The van der Waals surface area contributed by atoms with E-state index in [2.05, 4.69) is 6.92 Å². The highest BCUT2D eigenvalue weighted by atomic mass is 16.5. The Morgan fingerprint density at radius 1 is 1.53 bits per heavy atom. The zero-order chi connectivity index (χ0) is 12.7. The quantitative estimate of drug-likeness (QED) is 0.734. The van der Waals surface area contributed by atoms with Gasteiger partial charge in [-0.05, 0) is 32.2 Å². The van der Waals surface area contributed by atoms with Crippen molar-refractivity contribution in [3.63, 3.8) is 0 Å². The fourth-order valence-corrected chi connectivity index (χ4v) is 2.21. The molecule has 1 saturated heterocycles. The van der Waals surface area contributed by atoms with Crippen LogP contribution in [-0.4, -0.2) is 43.2 Å². The summed E-state index contributed by atoms with van der Waals surface area (Å²) in [5, 5.41) is 0. The van der Waals surface area contributed by atoms with Crippen molar-refractivity contribution in [2.45, 2.75) is 45.6 Å². The van der Waals surface area contributed by atoms with Crippen LogP contribution in [-0.2, 0) is 9.53 Å². The Balaban J connectivity index is 2.39. The van der Waals surface area contributed by atoms with E-state index in [1.807, 2.05) is 11.8 Å². The van der Waals surface area contributed by atoms with Crippen LogP contribution in [0.5, 0.6) is 0 Å². The van der Waals surface area contributed by atoms with Crippen LogP contribution >= 0.6 is 0 Å². The van der Waals surface area contributed by atoms with Crippen molar-refractivity contribution in [2.24, 2.45) is 11.7 Å². The molecule has 2 atom stereocenters. The van der Waals surface area contributed by atoms with Gasteiger partial charge in [0.25, 0.3) is 0 Å². The number of hydrogen-bond donors (Lipinski definition) is 1. The summed E-state index contributed by atoms with van der Waals surface area (Å²) in [6, 6.07) is 0. The van der Waals surface area contributed by atoms with Crippen LogP contribution in [0.3, 0.4) is 0 Å². The number of carbonyl (C=O) groups excluding carboxylic acids is 1. The molecule has 1 heterocycles. The van der Waals surface area contributed by atoms with Crippen LogP contribution in [0.1, 0.15) is 39.5 Å². The van der Waals surface area contributed by atoms with Crippen molar-refractivity contribution in [3.05, 3.63) is 0 Å². The summed E-state index contributed by atoms with van der Waals surface area (Å²) >= 11 is 0. The van der Waals surface area contributed by atoms with Crippen LogP contribution in [0.2, 0.25) is 0 Å². The first-order valence-electron chi connectivity index (χ1n) is 6.80. The van der Waals surface area contributed by atoms with Crippen molar-refractivity contribution in [3.8, 4) is 0 Å². The molecule has 0 radical (unpaired) electrons. The number of nitrogens with zero attached hydrogens (tertiary/aromatic N) is 1. The van der Waals surface area contributed by atoms with Gasteiger partial charge in [0.15, 0.2) is 0 Å². The fraction of sp³-hybridized carbons (Fsp3) is 0.923. The second kappa shape index (κ2) is 7.67. The Bertz CT molecular complexity index is 223. The van der Waals surface area contributed by atoms with E-state index >= 15 is 0 Å². The average Bonchev–Trinajstić information content (AvgIpc) is 2.85. The minimum atomic E-state index is 0.223. The van der Waals surface area contributed by atoms with Crippen molar-refractivity contribution in [1.82, 2.24) is 4.90 Å². The van der Waals surface area contributed by atoms with Gasteiger partial charge in [-0.3, -0.25) is 4.79 Å². The second-order valence-electron chi connectivity index (χ2n) is 4.78. The summed E-state index contributed by atoms with van der Waals surface area (Å²) in [4.78, 5) is 14.0. The molecule has 1 amide bonds. The number of rotatable bonds is 7. The molecule has 100 valence electrons. The van der Waals surface area contributed by atoms with Crippen LogP contribution in [0.4, 0.5) is 0 Å². The molecule has 1 rings (SSSR count). The lowest BCUT2D eigenvalue weighted by Crippen LogP contribution is -2.38. The zero-order valence-corrected chi connectivity index (χ0v) is 11.2. The fourth-order valence-electron chi connectivity index (χ4n) is 2.21. The van der Waals surface area contributed by atoms with Gasteiger partial charge in [0.1, 0.15) is 0 Å². The Morgan fingerprint density at radius 2 is 2.29 bits per heavy atom. The molecule has 17 heavy (non-hydrogen) atoms. The summed E-state index contributed by atoms with van der Waals surface area (Å²) < 4.78 is 5.57. The summed E-state index contributed by atoms with van der Waals surface area (Å²) in [7, 11) is 0. The Hall–Kier alpha value is -0.610. The SMILES string of the molecule is CCC(CN)CC(=O)N(CC)CC1CCCO1. The molecule has 2 unspecified atom stereocenters. The molecule has 1 aliphatic rings. The normalized spacial score (nSPS) is 21.5. The van der Waals surface area contributed by atoms with Crippen LogP contribution in [0.25, 0.3) is 0 Å². The number of hydrogen-bond acceptors (Lipinski definition) is 3. The van der Waals surface area contributed by atoms with E-state index in [1.165, 1.54) is 0 Å². The van der Waals surface area contributed by atoms with Crippen LogP contribution in [0, 0.1) is 5.92 Å². The van der Waals surface area contributed by atoms with E-state index in [4.69, 9.17) is 10.5 Å². The van der Waals surface area contributed by atoms with Gasteiger partial charge in [0.05, 0.1) is 6.10 Å². The van der Waals surface area contributed by atoms with E-state index in [0.717, 1.165) is 39.0 Å². The van der Waals surface area contributed by atoms with Gasteiger partial charge in [-0.15, -0.1) is 0 Å². The third-order valence-corrected chi connectivity index (χ3v) is 3.56. The molecule has 1 aliphatic heterocycles. The molecular weight excluding hydrogens is 216 g/mol. The first-order chi connectivity index (χ1) is 8.21. The van der Waals surface area contributed by atoms with E-state index in [-0.39, 0.29) is 12.0 Å². The molecule has 0 bridgehead atoms. The van der Waals surface area contributed by atoms with E-state index in [0.29, 0.717) is 18.9 Å². The number of amides is 1. The van der Waals surface area contributed by atoms with Crippen molar-refractivity contribution in [2.75, 3.05) is 26.2 Å². The topological polar surface area (TPSA) is 55.6 Å². The highest BCUT2D eigenvalue weighted by molar-refractivity contribution is 5.76. The highest BCUT2D eigenvalue weighted by Crippen LogP contribution is 2.15. The van der Waals surface area contributed by atoms with Crippen molar-refractivity contribution < 1.29 is 9.53 Å². The Morgan fingerprint density at radius 3 is 2.76 bits per heavy atom. The molecule has 0 saturated carbocycles. The van der Waals surface area contributed by atoms with Crippen molar-refractivity contribution in [1.29, 1.82) is 0 Å². The minimum absolute atomic E-state index is 0.223. The summed E-state index contributed by atoms with van der Waals surface area (Å²) in [6.07, 6.45) is 4.00. The maximum absolute atomic E-state index is 12.1. The minimum Gasteiger partial charge on any atom is -0.376 e. The van der Waals surface area contributed by atoms with Crippen molar-refractivity contribution >= 4 is 5.91 Å². The lowest BCUT2D eigenvalue weighted by molar-refractivity contribution is -0.133. The Labute approximate surface area is 104 Å². The van der Waals surface area contributed by atoms with E-state index < -0.39 is 0 Å². The van der Waals surface area contributed by atoms with Gasteiger partial charge >= 0.3 is 0 Å². The molecule has 1 fully saturated rings. The summed E-state index contributed by atoms with van der Waals surface area (Å²) in [5.41, 5.74) is 5.64. The number of carbonyl (C=O) groups is 1. The lowest BCUT2D eigenvalue weighted by Gasteiger charge is -2.25. The lowest BCUT2D eigenvalue weighted by atomic mass is 10.0. The van der Waals surface area contributed by atoms with Crippen LogP contribution in [0.15, 0.2) is 0 Å². The molecule has 2 N–H and O–H groups in total. The van der Waals surface area contributed by atoms with Gasteiger partial charge in [-0.25, -0.2) is 0 Å². The van der Waals surface area contributed by atoms with Gasteiger partial charge in [0, 0.05) is 26.1 Å². The van der Waals surface area contributed by atoms with Gasteiger partial charge in [-0.2, -0.15) is 0 Å². The molecule has 0 spiro atoms. The van der Waals surface area contributed by atoms with E-state index in [1.54, 1.807) is 0 Å². The number of ether oxygens (including phenoxy) is 1. The van der Waals surface area contributed by atoms with Gasteiger partial charge in [0.2, 0.25) is 5.91 Å². The second-order valence-corrected chi connectivity index (χ2v) is 4.78. The predicted octanol–water partition coefficient (Wildman–Crippen LogP) is 1.39. The molecule has 0 aliphatic carbocycles. The first-order valence-corrected chi connectivity index (χ1v) is 6.80. The smallest absolute Gasteiger partial charge is 0.222 e. The summed E-state index contributed by atoms with van der Waals surface area (Å²) in [6.45, 7) is 7.06. The van der Waals surface area contributed by atoms with Gasteiger partial charge < -0.3 is 15.4 Å². The number of nitrogens with two attached hydrogens (primary N) is 1. The molecule has 4 nitrogen and oxygen atoms in total. The first kappa shape index (κ1) is 14.5. The molecule has 0 aromatic carbocycles. The largest absolute Gasteiger partial charge is 0.376 e. The molecule has 0 aromatic heterocycles. The zero-order valence-electron chi connectivity index (χ0n) is 11.2. The third kappa shape index (κ3) is 4.64.